The molecule has 1 rings (SSSR count). The van der Waals surface area contributed by atoms with Crippen molar-refractivity contribution in [2.24, 2.45) is 0 Å². The van der Waals surface area contributed by atoms with Crippen LogP contribution in [-0.2, 0) is 14.3 Å². The molecule has 0 saturated heterocycles. The molecular weight excluding hydrogens is 248 g/mol. The Morgan fingerprint density at radius 1 is 1.32 bits per heavy atom. The highest BCUT2D eigenvalue weighted by Gasteiger charge is 2.14. The lowest BCUT2D eigenvalue weighted by molar-refractivity contribution is -0.145. The molecule has 0 aliphatic rings. The van der Waals surface area contributed by atoms with Crippen LogP contribution in [-0.4, -0.2) is 23.1 Å². The Labute approximate surface area is 110 Å². The van der Waals surface area contributed by atoms with Crippen molar-refractivity contribution < 1.29 is 24.2 Å². The summed E-state index contributed by atoms with van der Waals surface area (Å²) in [6, 6.07) is 6.64. The molecule has 0 aromatic heterocycles. The monoisotopic (exact) mass is 262 g/mol. The van der Waals surface area contributed by atoms with Gasteiger partial charge in [0.2, 0.25) is 0 Å². The molecule has 1 aromatic carbocycles. The number of rotatable bonds is 6. The molecule has 0 spiro atoms. The first-order chi connectivity index (χ1) is 9.02. The minimum absolute atomic E-state index is 0.487. The third kappa shape index (κ3) is 5.08. The highest BCUT2D eigenvalue weighted by Crippen LogP contribution is 2.15. The van der Waals surface area contributed by atoms with Crippen LogP contribution in [0.2, 0.25) is 0 Å². The molecule has 0 amide bonds. The smallest absolute Gasteiger partial charge is 0.351 e. The second-order valence-electron chi connectivity index (χ2n) is 3.60. The SMILES string of the molecule is C=COC(=O)C(C)Oc1ccc(C=CC(=O)O)cc1. The van der Waals surface area contributed by atoms with Gasteiger partial charge in [-0.05, 0) is 30.7 Å². The van der Waals surface area contributed by atoms with Gasteiger partial charge in [0.25, 0.3) is 0 Å². The fourth-order valence-electron chi connectivity index (χ4n) is 1.26. The minimum atomic E-state index is -1.01. The summed E-state index contributed by atoms with van der Waals surface area (Å²) in [5.41, 5.74) is 0.719. The molecule has 100 valence electrons. The third-order valence-corrected chi connectivity index (χ3v) is 2.14. The zero-order valence-corrected chi connectivity index (χ0v) is 10.4. The molecule has 1 atom stereocenters. The van der Waals surface area contributed by atoms with E-state index in [1.165, 1.54) is 6.08 Å². The third-order valence-electron chi connectivity index (χ3n) is 2.14. The molecule has 1 unspecified atom stereocenters. The number of benzene rings is 1. The Balaban J connectivity index is 2.64. The van der Waals surface area contributed by atoms with E-state index in [2.05, 4.69) is 11.3 Å². The summed E-state index contributed by atoms with van der Waals surface area (Å²) in [5.74, 6) is -1.06. The summed E-state index contributed by atoms with van der Waals surface area (Å²) < 4.78 is 9.93. The molecule has 0 bridgehead atoms. The lowest BCUT2D eigenvalue weighted by Gasteiger charge is -2.12. The number of carboxylic acids is 1. The van der Waals surface area contributed by atoms with Crippen molar-refractivity contribution >= 4 is 18.0 Å². The highest BCUT2D eigenvalue weighted by molar-refractivity contribution is 5.85. The Bertz CT molecular complexity index is 487. The maximum Gasteiger partial charge on any atom is 0.351 e. The quantitative estimate of drug-likeness (QED) is 0.483. The minimum Gasteiger partial charge on any atom is -0.479 e. The second-order valence-corrected chi connectivity index (χ2v) is 3.60. The van der Waals surface area contributed by atoms with E-state index in [4.69, 9.17) is 9.84 Å². The van der Waals surface area contributed by atoms with Crippen LogP contribution in [0, 0.1) is 0 Å². The van der Waals surface area contributed by atoms with Crippen molar-refractivity contribution in [2.45, 2.75) is 13.0 Å². The zero-order valence-electron chi connectivity index (χ0n) is 10.4. The summed E-state index contributed by atoms with van der Waals surface area (Å²) >= 11 is 0. The van der Waals surface area contributed by atoms with Crippen LogP contribution in [0.15, 0.2) is 43.2 Å². The number of hydrogen-bond acceptors (Lipinski definition) is 4. The van der Waals surface area contributed by atoms with E-state index < -0.39 is 18.0 Å². The number of ether oxygens (including phenoxy) is 2. The van der Waals surface area contributed by atoms with Gasteiger partial charge in [-0.15, -0.1) is 0 Å². The molecule has 1 N–H and O–H groups in total. The van der Waals surface area contributed by atoms with Crippen LogP contribution < -0.4 is 4.74 Å². The van der Waals surface area contributed by atoms with Crippen molar-refractivity contribution in [3.8, 4) is 5.75 Å². The average molecular weight is 262 g/mol. The molecule has 1 aromatic rings. The predicted molar refractivity (Wildman–Crippen MR) is 69.5 cm³/mol. The van der Waals surface area contributed by atoms with E-state index in [0.717, 1.165) is 17.9 Å². The normalized spacial score (nSPS) is 11.8. The number of carbonyl (C=O) groups excluding carboxylic acids is 1. The van der Waals surface area contributed by atoms with Crippen molar-refractivity contribution in [3.05, 3.63) is 48.7 Å². The van der Waals surface area contributed by atoms with Gasteiger partial charge in [-0.3, -0.25) is 0 Å². The summed E-state index contributed by atoms with van der Waals surface area (Å²) in [7, 11) is 0. The van der Waals surface area contributed by atoms with Gasteiger partial charge >= 0.3 is 11.9 Å². The first-order valence-electron chi connectivity index (χ1n) is 5.52. The van der Waals surface area contributed by atoms with Gasteiger partial charge in [0.1, 0.15) is 5.75 Å². The largest absolute Gasteiger partial charge is 0.479 e. The van der Waals surface area contributed by atoms with Crippen molar-refractivity contribution in [1.29, 1.82) is 0 Å². The van der Waals surface area contributed by atoms with Crippen molar-refractivity contribution in [2.75, 3.05) is 0 Å². The molecular formula is C14H14O5. The van der Waals surface area contributed by atoms with Gasteiger partial charge in [-0.25, -0.2) is 9.59 Å². The number of esters is 1. The van der Waals surface area contributed by atoms with E-state index in [1.54, 1.807) is 31.2 Å². The average Bonchev–Trinajstić information content (AvgIpc) is 2.38. The number of carboxylic acid groups (broad SMARTS) is 1. The number of hydrogen-bond donors (Lipinski definition) is 1. The second kappa shape index (κ2) is 7.00. The fraction of sp³-hybridized carbons (Fsp3) is 0.143. The maximum absolute atomic E-state index is 11.3. The standard InChI is InChI=1S/C14H14O5/c1-3-18-14(17)10(2)19-12-7-4-11(5-8-12)6-9-13(15)16/h3-10H,1H2,2H3,(H,15,16). The Morgan fingerprint density at radius 3 is 2.47 bits per heavy atom. The van der Waals surface area contributed by atoms with Crippen LogP contribution in [0.3, 0.4) is 0 Å². The van der Waals surface area contributed by atoms with E-state index in [1.807, 2.05) is 0 Å². The topological polar surface area (TPSA) is 72.8 Å². The molecule has 0 radical (unpaired) electrons. The summed E-state index contributed by atoms with van der Waals surface area (Å²) in [6.45, 7) is 4.84. The molecule has 0 aliphatic carbocycles. The van der Waals surface area contributed by atoms with Crippen LogP contribution >= 0.6 is 0 Å². The van der Waals surface area contributed by atoms with E-state index in [9.17, 15) is 9.59 Å². The van der Waals surface area contributed by atoms with Gasteiger partial charge in [-0.1, -0.05) is 18.7 Å². The molecule has 5 heteroatoms. The van der Waals surface area contributed by atoms with Crippen molar-refractivity contribution in [3.63, 3.8) is 0 Å². The number of aliphatic carboxylic acids is 1. The maximum atomic E-state index is 11.3. The molecule has 19 heavy (non-hydrogen) atoms. The first-order valence-corrected chi connectivity index (χ1v) is 5.52. The summed E-state index contributed by atoms with van der Waals surface area (Å²) in [5, 5.41) is 8.49. The van der Waals surface area contributed by atoms with Gasteiger partial charge < -0.3 is 14.6 Å². The van der Waals surface area contributed by atoms with Crippen LogP contribution in [0.1, 0.15) is 12.5 Å². The van der Waals surface area contributed by atoms with Crippen LogP contribution in [0.4, 0.5) is 0 Å². The van der Waals surface area contributed by atoms with E-state index >= 15 is 0 Å². The van der Waals surface area contributed by atoms with E-state index in [0.29, 0.717) is 5.75 Å². The van der Waals surface area contributed by atoms with Crippen LogP contribution in [0.5, 0.6) is 5.75 Å². The Hall–Kier alpha value is -2.56. The first kappa shape index (κ1) is 14.5. The molecule has 0 aliphatic heterocycles. The Morgan fingerprint density at radius 2 is 1.95 bits per heavy atom. The lowest BCUT2D eigenvalue weighted by Crippen LogP contribution is -2.24. The van der Waals surface area contributed by atoms with Gasteiger partial charge in [0.15, 0.2) is 6.10 Å². The highest BCUT2D eigenvalue weighted by atomic mass is 16.6. The van der Waals surface area contributed by atoms with Gasteiger partial charge in [0.05, 0.1) is 6.26 Å². The lowest BCUT2D eigenvalue weighted by atomic mass is 10.2. The van der Waals surface area contributed by atoms with Gasteiger partial charge in [-0.2, -0.15) is 0 Å². The molecule has 5 nitrogen and oxygen atoms in total. The van der Waals surface area contributed by atoms with Gasteiger partial charge in [0, 0.05) is 6.08 Å². The van der Waals surface area contributed by atoms with Crippen molar-refractivity contribution in [1.82, 2.24) is 0 Å². The fourth-order valence-corrected chi connectivity index (χ4v) is 1.26. The predicted octanol–water partition coefficient (Wildman–Crippen LogP) is 2.24. The van der Waals surface area contributed by atoms with E-state index in [-0.39, 0.29) is 0 Å². The molecule has 0 saturated carbocycles. The van der Waals surface area contributed by atoms with Crippen LogP contribution in [0.25, 0.3) is 6.08 Å². The Kier molecular flexibility index (Phi) is 5.35. The summed E-state index contributed by atoms with van der Waals surface area (Å²) in [4.78, 5) is 21.6. The molecule has 0 fully saturated rings. The molecule has 0 heterocycles. The zero-order chi connectivity index (χ0) is 14.3. The summed E-state index contributed by atoms with van der Waals surface area (Å²) in [6.07, 6.45) is 2.79. The number of carbonyl (C=O) groups is 2.